The first-order valence-corrected chi connectivity index (χ1v) is 7.05. The van der Waals surface area contributed by atoms with E-state index in [4.69, 9.17) is 0 Å². The quantitative estimate of drug-likeness (QED) is 0.824. The molecule has 0 spiro atoms. The number of aryl methyl sites for hydroxylation is 2. The molecule has 0 amide bonds. The fraction of sp³-hybridized carbons (Fsp3) is 0.750. The Kier molecular flexibility index (Phi) is 4.25. The van der Waals surface area contributed by atoms with Crippen molar-refractivity contribution in [3.63, 3.8) is 0 Å². The van der Waals surface area contributed by atoms with Crippen LogP contribution in [0.1, 0.15) is 24.2 Å². The summed E-state index contributed by atoms with van der Waals surface area (Å²) >= 11 is 3.45. The maximum absolute atomic E-state index is 12.8. The molecule has 0 aromatic carbocycles. The van der Waals surface area contributed by atoms with Crippen LogP contribution in [0.25, 0.3) is 0 Å². The molecule has 1 aliphatic rings. The van der Waals surface area contributed by atoms with Crippen LogP contribution < -0.4 is 0 Å². The Hall–Kier alpha value is -0.560. The number of nitrogens with zero attached hydrogens (tertiary/aromatic N) is 3. The van der Waals surface area contributed by atoms with Crippen molar-refractivity contribution in [2.45, 2.75) is 32.5 Å². The van der Waals surface area contributed by atoms with Crippen molar-refractivity contribution in [2.24, 2.45) is 13.0 Å². The fourth-order valence-electron chi connectivity index (χ4n) is 2.53. The lowest BCUT2D eigenvalue weighted by Gasteiger charge is -2.33. The van der Waals surface area contributed by atoms with Crippen molar-refractivity contribution in [1.82, 2.24) is 14.7 Å². The number of rotatable bonds is 2. The number of piperidine rings is 1. The minimum absolute atomic E-state index is 0.0835. The number of halogens is 4. The van der Waals surface area contributed by atoms with E-state index in [-0.39, 0.29) is 13.0 Å². The largest absolute Gasteiger partial charge is 0.393 e. The summed E-state index contributed by atoms with van der Waals surface area (Å²) in [4.78, 5) is 1.86. The van der Waals surface area contributed by atoms with Gasteiger partial charge in [-0.1, -0.05) is 0 Å². The first-order chi connectivity index (χ1) is 8.79. The summed E-state index contributed by atoms with van der Waals surface area (Å²) in [6.45, 7) is 3.18. The summed E-state index contributed by atoms with van der Waals surface area (Å²) in [5.74, 6) is -1.20. The second-order valence-electron chi connectivity index (χ2n) is 5.09. The molecule has 0 bridgehead atoms. The molecule has 2 rings (SSSR count). The van der Waals surface area contributed by atoms with Gasteiger partial charge in [-0.15, -0.1) is 0 Å². The van der Waals surface area contributed by atoms with Crippen molar-refractivity contribution in [2.75, 3.05) is 13.1 Å². The third kappa shape index (κ3) is 3.31. The minimum Gasteiger partial charge on any atom is -0.297 e. The molecule has 3 nitrogen and oxygen atoms in total. The molecule has 1 aromatic rings. The lowest BCUT2D eigenvalue weighted by atomic mass is 9.97. The summed E-state index contributed by atoms with van der Waals surface area (Å²) in [6.07, 6.45) is -3.25. The van der Waals surface area contributed by atoms with E-state index in [9.17, 15) is 13.2 Å². The third-order valence-electron chi connectivity index (χ3n) is 3.60. The van der Waals surface area contributed by atoms with Gasteiger partial charge in [-0.05, 0) is 42.2 Å². The molecular formula is C12H17BrF3N3. The van der Waals surface area contributed by atoms with Gasteiger partial charge in [0.1, 0.15) is 0 Å². The predicted octanol–water partition coefficient (Wildman–Crippen LogP) is 3.27. The van der Waals surface area contributed by atoms with Crippen LogP contribution in [0.5, 0.6) is 0 Å². The van der Waals surface area contributed by atoms with Gasteiger partial charge in [-0.2, -0.15) is 18.3 Å². The van der Waals surface area contributed by atoms with Crippen LogP contribution in [0.4, 0.5) is 13.2 Å². The van der Waals surface area contributed by atoms with E-state index in [2.05, 4.69) is 21.0 Å². The van der Waals surface area contributed by atoms with Gasteiger partial charge >= 0.3 is 6.18 Å². The SMILES string of the molecule is Cc1nn(C)c(CN2CCCC(C(F)(F)F)C2)c1Br. The Morgan fingerprint density at radius 3 is 2.63 bits per heavy atom. The predicted molar refractivity (Wildman–Crippen MR) is 69.7 cm³/mol. The second-order valence-corrected chi connectivity index (χ2v) is 5.88. The normalized spacial score (nSPS) is 21.9. The van der Waals surface area contributed by atoms with Gasteiger partial charge in [0.15, 0.2) is 0 Å². The van der Waals surface area contributed by atoms with Gasteiger partial charge in [-0.25, -0.2) is 0 Å². The van der Waals surface area contributed by atoms with Crippen LogP contribution >= 0.6 is 15.9 Å². The molecule has 108 valence electrons. The standard InChI is InChI=1S/C12H17BrF3N3/c1-8-11(13)10(18(2)17-8)7-19-5-3-4-9(6-19)12(14,15)16/h9H,3-7H2,1-2H3. The van der Waals surface area contributed by atoms with Gasteiger partial charge in [0.2, 0.25) is 0 Å². The van der Waals surface area contributed by atoms with Crippen LogP contribution in [0.15, 0.2) is 4.47 Å². The summed E-state index contributed by atoms with van der Waals surface area (Å²) < 4.78 is 40.9. The van der Waals surface area contributed by atoms with Crippen molar-refractivity contribution in [1.29, 1.82) is 0 Å². The van der Waals surface area contributed by atoms with Gasteiger partial charge in [0, 0.05) is 20.1 Å². The average molecular weight is 340 g/mol. The number of hydrogen-bond acceptors (Lipinski definition) is 2. The second kappa shape index (κ2) is 5.44. The molecule has 1 atom stereocenters. The van der Waals surface area contributed by atoms with E-state index in [1.54, 1.807) is 4.68 Å². The zero-order chi connectivity index (χ0) is 14.2. The Morgan fingerprint density at radius 1 is 1.42 bits per heavy atom. The van der Waals surface area contributed by atoms with Crippen LogP contribution in [0, 0.1) is 12.8 Å². The van der Waals surface area contributed by atoms with Crippen molar-refractivity contribution in [3.8, 4) is 0 Å². The zero-order valence-corrected chi connectivity index (χ0v) is 12.6. The lowest BCUT2D eigenvalue weighted by molar-refractivity contribution is -0.187. The highest BCUT2D eigenvalue weighted by Crippen LogP contribution is 2.34. The minimum atomic E-state index is -4.09. The molecule has 1 saturated heterocycles. The highest BCUT2D eigenvalue weighted by Gasteiger charge is 2.41. The monoisotopic (exact) mass is 339 g/mol. The molecule has 0 aliphatic carbocycles. The van der Waals surface area contributed by atoms with Crippen molar-refractivity contribution >= 4 is 15.9 Å². The highest BCUT2D eigenvalue weighted by molar-refractivity contribution is 9.10. The first kappa shape index (κ1) is 14.8. The van der Waals surface area contributed by atoms with Crippen LogP contribution in [-0.4, -0.2) is 33.9 Å². The van der Waals surface area contributed by atoms with E-state index in [0.29, 0.717) is 19.5 Å². The van der Waals surface area contributed by atoms with E-state index in [1.807, 2.05) is 18.9 Å². The van der Waals surface area contributed by atoms with Gasteiger partial charge in [0.25, 0.3) is 0 Å². The zero-order valence-electron chi connectivity index (χ0n) is 11.0. The van der Waals surface area contributed by atoms with E-state index < -0.39 is 12.1 Å². The summed E-state index contributed by atoms with van der Waals surface area (Å²) in [6, 6.07) is 0. The molecule has 19 heavy (non-hydrogen) atoms. The number of aromatic nitrogens is 2. The van der Waals surface area contributed by atoms with Crippen LogP contribution in [-0.2, 0) is 13.6 Å². The highest BCUT2D eigenvalue weighted by atomic mass is 79.9. The fourth-order valence-corrected chi connectivity index (χ4v) is 2.99. The van der Waals surface area contributed by atoms with Crippen molar-refractivity contribution in [3.05, 3.63) is 15.9 Å². The molecule has 2 heterocycles. The topological polar surface area (TPSA) is 21.1 Å². The smallest absolute Gasteiger partial charge is 0.297 e. The summed E-state index contributed by atoms with van der Waals surface area (Å²) in [5.41, 5.74) is 1.79. The molecule has 0 radical (unpaired) electrons. The van der Waals surface area contributed by atoms with E-state index in [0.717, 1.165) is 15.9 Å². The third-order valence-corrected chi connectivity index (χ3v) is 4.63. The Bertz CT molecular complexity index is 456. The maximum atomic E-state index is 12.8. The average Bonchev–Trinajstić information content (AvgIpc) is 2.55. The van der Waals surface area contributed by atoms with Gasteiger partial charge < -0.3 is 0 Å². The molecule has 1 aromatic heterocycles. The number of alkyl halides is 3. The molecule has 0 N–H and O–H groups in total. The molecule has 1 fully saturated rings. The van der Waals surface area contributed by atoms with Crippen LogP contribution in [0.2, 0.25) is 0 Å². The first-order valence-electron chi connectivity index (χ1n) is 6.26. The molecule has 7 heteroatoms. The van der Waals surface area contributed by atoms with Crippen LogP contribution in [0.3, 0.4) is 0 Å². The molecule has 1 aliphatic heterocycles. The maximum Gasteiger partial charge on any atom is 0.393 e. The summed E-state index contributed by atoms with van der Waals surface area (Å²) in [7, 11) is 1.82. The Labute approximate surface area is 118 Å². The number of hydrogen-bond donors (Lipinski definition) is 0. The molecular weight excluding hydrogens is 323 g/mol. The lowest BCUT2D eigenvalue weighted by Crippen LogP contribution is -2.41. The van der Waals surface area contributed by atoms with Crippen molar-refractivity contribution < 1.29 is 13.2 Å². The summed E-state index contributed by atoms with van der Waals surface area (Å²) in [5, 5.41) is 4.26. The van der Waals surface area contributed by atoms with Gasteiger partial charge in [0.05, 0.1) is 21.8 Å². The number of likely N-dealkylation sites (tertiary alicyclic amines) is 1. The molecule has 0 saturated carbocycles. The van der Waals surface area contributed by atoms with E-state index in [1.165, 1.54) is 0 Å². The van der Waals surface area contributed by atoms with E-state index >= 15 is 0 Å². The van der Waals surface area contributed by atoms with Gasteiger partial charge in [-0.3, -0.25) is 9.58 Å². The Balaban J connectivity index is 2.07. The molecule has 1 unspecified atom stereocenters. The Morgan fingerprint density at radius 2 is 2.11 bits per heavy atom.